The van der Waals surface area contributed by atoms with E-state index in [1.807, 2.05) is 36.2 Å². The van der Waals surface area contributed by atoms with Gasteiger partial charge < -0.3 is 14.5 Å². The summed E-state index contributed by atoms with van der Waals surface area (Å²) < 4.78 is 5.94. The smallest absolute Gasteiger partial charge is 0.273 e. The molecule has 6 nitrogen and oxygen atoms in total. The van der Waals surface area contributed by atoms with Gasteiger partial charge in [0, 0.05) is 27.6 Å². The molecule has 1 amide bonds. The molecule has 1 aliphatic rings. The van der Waals surface area contributed by atoms with Gasteiger partial charge in [0.25, 0.3) is 5.91 Å². The lowest BCUT2D eigenvalue weighted by atomic mass is 10.1. The second-order valence-corrected chi connectivity index (χ2v) is 5.91. The van der Waals surface area contributed by atoms with Gasteiger partial charge in [0.05, 0.1) is 6.54 Å². The molecule has 0 fully saturated rings. The first-order valence-corrected chi connectivity index (χ1v) is 7.55. The summed E-state index contributed by atoms with van der Waals surface area (Å²) in [4.78, 5) is 15.3. The fraction of sp³-hybridized carbons (Fsp3) is 0.353. The maximum absolute atomic E-state index is 11.8. The molecule has 0 spiro atoms. The normalized spacial score (nSPS) is 15.7. The van der Waals surface area contributed by atoms with Crippen LogP contribution in [0.1, 0.15) is 16.1 Å². The number of amides is 1. The third-order valence-electron chi connectivity index (χ3n) is 3.86. The van der Waals surface area contributed by atoms with Crippen LogP contribution in [-0.2, 0) is 6.42 Å². The minimum atomic E-state index is -0.152. The fourth-order valence-corrected chi connectivity index (χ4v) is 2.63. The fourth-order valence-electron chi connectivity index (χ4n) is 2.63. The molecule has 120 valence electrons. The standard InChI is InChI=1S/C17H20N4O2/c1-20(2)17(22)14-8-9-16(19-18-14)21(3)11-13-10-12-6-4-5-7-15(12)23-13/h4-9,13H,10-11H2,1-3H3. The summed E-state index contributed by atoms with van der Waals surface area (Å²) in [5, 5.41) is 8.16. The molecular weight excluding hydrogens is 292 g/mol. The van der Waals surface area contributed by atoms with Gasteiger partial charge in [-0.2, -0.15) is 0 Å². The Kier molecular flexibility index (Phi) is 4.14. The molecule has 3 rings (SSSR count). The van der Waals surface area contributed by atoms with Crippen molar-refractivity contribution in [2.45, 2.75) is 12.5 Å². The van der Waals surface area contributed by atoms with Crippen LogP contribution in [-0.4, -0.2) is 54.8 Å². The highest BCUT2D eigenvalue weighted by atomic mass is 16.5. The van der Waals surface area contributed by atoms with E-state index >= 15 is 0 Å². The van der Waals surface area contributed by atoms with Crippen molar-refractivity contribution in [1.82, 2.24) is 15.1 Å². The summed E-state index contributed by atoms with van der Waals surface area (Å²) in [5.74, 6) is 1.53. The summed E-state index contributed by atoms with van der Waals surface area (Å²) in [6.45, 7) is 0.713. The van der Waals surface area contributed by atoms with Crippen molar-refractivity contribution in [2.24, 2.45) is 0 Å². The number of nitrogens with zero attached hydrogens (tertiary/aromatic N) is 4. The summed E-state index contributed by atoms with van der Waals surface area (Å²) in [6.07, 6.45) is 0.993. The van der Waals surface area contributed by atoms with Crippen LogP contribution in [0.4, 0.5) is 5.82 Å². The lowest BCUT2D eigenvalue weighted by Gasteiger charge is -2.21. The van der Waals surface area contributed by atoms with Crippen LogP contribution < -0.4 is 9.64 Å². The van der Waals surface area contributed by atoms with Crippen LogP contribution >= 0.6 is 0 Å². The molecule has 23 heavy (non-hydrogen) atoms. The molecule has 0 N–H and O–H groups in total. The van der Waals surface area contributed by atoms with Gasteiger partial charge in [-0.25, -0.2) is 0 Å². The van der Waals surface area contributed by atoms with Crippen molar-refractivity contribution in [3.8, 4) is 5.75 Å². The Morgan fingerprint density at radius 2 is 1.96 bits per heavy atom. The molecule has 1 aliphatic heterocycles. The van der Waals surface area contributed by atoms with E-state index in [0.717, 1.165) is 18.0 Å². The number of hydrogen-bond donors (Lipinski definition) is 0. The van der Waals surface area contributed by atoms with Gasteiger partial charge in [0.2, 0.25) is 0 Å². The molecule has 1 aromatic carbocycles. The van der Waals surface area contributed by atoms with Crippen LogP contribution in [0.15, 0.2) is 36.4 Å². The number of ether oxygens (including phenoxy) is 1. The Morgan fingerprint density at radius 3 is 2.61 bits per heavy atom. The Balaban J connectivity index is 1.63. The molecule has 0 radical (unpaired) electrons. The van der Waals surface area contributed by atoms with E-state index in [9.17, 15) is 4.79 Å². The van der Waals surface area contributed by atoms with E-state index in [-0.39, 0.29) is 12.0 Å². The zero-order chi connectivity index (χ0) is 16.4. The van der Waals surface area contributed by atoms with Crippen molar-refractivity contribution in [3.63, 3.8) is 0 Å². The number of aromatic nitrogens is 2. The average molecular weight is 312 g/mol. The van der Waals surface area contributed by atoms with E-state index in [2.05, 4.69) is 16.3 Å². The van der Waals surface area contributed by atoms with E-state index in [0.29, 0.717) is 12.2 Å². The van der Waals surface area contributed by atoms with Gasteiger partial charge in [0.1, 0.15) is 11.9 Å². The van der Waals surface area contributed by atoms with Crippen molar-refractivity contribution < 1.29 is 9.53 Å². The van der Waals surface area contributed by atoms with Gasteiger partial charge in [-0.15, -0.1) is 10.2 Å². The van der Waals surface area contributed by atoms with Gasteiger partial charge in [0.15, 0.2) is 11.5 Å². The highest BCUT2D eigenvalue weighted by Crippen LogP contribution is 2.28. The first-order valence-electron chi connectivity index (χ1n) is 7.55. The Bertz CT molecular complexity index is 675. The predicted molar refractivity (Wildman–Crippen MR) is 87.9 cm³/mol. The number of hydrogen-bond acceptors (Lipinski definition) is 5. The molecule has 0 saturated carbocycles. The zero-order valence-electron chi connectivity index (χ0n) is 13.6. The first-order chi connectivity index (χ1) is 11.0. The largest absolute Gasteiger partial charge is 0.488 e. The number of para-hydroxylation sites is 1. The highest BCUT2D eigenvalue weighted by molar-refractivity contribution is 5.91. The number of fused-ring (bicyclic) bond motifs is 1. The molecule has 0 aliphatic carbocycles. The van der Waals surface area contributed by atoms with Crippen LogP contribution in [0.5, 0.6) is 5.75 Å². The summed E-state index contributed by atoms with van der Waals surface area (Å²) in [7, 11) is 5.34. The second-order valence-electron chi connectivity index (χ2n) is 5.91. The summed E-state index contributed by atoms with van der Waals surface area (Å²) >= 11 is 0. The van der Waals surface area contributed by atoms with Gasteiger partial charge >= 0.3 is 0 Å². The first kappa shape index (κ1) is 15.3. The predicted octanol–water partition coefficient (Wildman–Crippen LogP) is 1.62. The van der Waals surface area contributed by atoms with Gasteiger partial charge in [-0.05, 0) is 23.8 Å². The topological polar surface area (TPSA) is 58.6 Å². The molecule has 0 bridgehead atoms. The van der Waals surface area contributed by atoms with Crippen molar-refractivity contribution in [1.29, 1.82) is 0 Å². The van der Waals surface area contributed by atoms with Crippen molar-refractivity contribution in [3.05, 3.63) is 47.7 Å². The number of anilines is 1. The minimum Gasteiger partial charge on any atom is -0.488 e. The zero-order valence-corrected chi connectivity index (χ0v) is 13.6. The molecule has 0 saturated heterocycles. The molecule has 1 unspecified atom stereocenters. The third kappa shape index (κ3) is 3.26. The van der Waals surface area contributed by atoms with Crippen LogP contribution in [0.3, 0.4) is 0 Å². The number of rotatable bonds is 4. The van der Waals surface area contributed by atoms with Gasteiger partial charge in [-0.3, -0.25) is 4.79 Å². The molecule has 1 aromatic heterocycles. The van der Waals surface area contributed by atoms with E-state index < -0.39 is 0 Å². The SMILES string of the molecule is CN(C)C(=O)c1ccc(N(C)CC2Cc3ccccc3O2)nn1. The second kappa shape index (κ2) is 6.24. The number of benzene rings is 1. The Labute approximate surface area is 135 Å². The van der Waals surface area contributed by atoms with Crippen LogP contribution in [0.2, 0.25) is 0 Å². The number of carbonyl (C=O) groups is 1. The quantitative estimate of drug-likeness (QED) is 0.858. The van der Waals surface area contributed by atoms with Gasteiger partial charge in [-0.1, -0.05) is 18.2 Å². The molecule has 1 atom stereocenters. The third-order valence-corrected chi connectivity index (χ3v) is 3.86. The number of likely N-dealkylation sites (N-methyl/N-ethyl adjacent to an activating group) is 1. The maximum Gasteiger partial charge on any atom is 0.273 e. The highest BCUT2D eigenvalue weighted by Gasteiger charge is 2.24. The van der Waals surface area contributed by atoms with Crippen molar-refractivity contribution >= 4 is 11.7 Å². The molecular formula is C17H20N4O2. The van der Waals surface area contributed by atoms with E-state index in [4.69, 9.17) is 4.74 Å². The van der Waals surface area contributed by atoms with E-state index in [1.165, 1.54) is 10.5 Å². The van der Waals surface area contributed by atoms with E-state index in [1.54, 1.807) is 20.2 Å². The minimum absolute atomic E-state index is 0.0993. The number of carbonyl (C=O) groups excluding carboxylic acids is 1. The molecule has 6 heteroatoms. The van der Waals surface area contributed by atoms with Crippen LogP contribution in [0.25, 0.3) is 0 Å². The molecule has 2 heterocycles. The maximum atomic E-state index is 11.8. The monoisotopic (exact) mass is 312 g/mol. The lowest BCUT2D eigenvalue weighted by Crippen LogP contribution is -2.32. The molecule has 2 aromatic rings. The Morgan fingerprint density at radius 1 is 1.17 bits per heavy atom. The Hall–Kier alpha value is -2.63. The van der Waals surface area contributed by atoms with Crippen LogP contribution in [0, 0.1) is 0 Å². The van der Waals surface area contributed by atoms with Crippen molar-refractivity contribution in [2.75, 3.05) is 32.6 Å². The summed E-state index contributed by atoms with van der Waals surface area (Å²) in [5.41, 5.74) is 1.58. The summed E-state index contributed by atoms with van der Waals surface area (Å²) in [6, 6.07) is 11.6. The lowest BCUT2D eigenvalue weighted by molar-refractivity contribution is 0.0821. The average Bonchev–Trinajstić information content (AvgIpc) is 2.96.